The van der Waals surface area contributed by atoms with E-state index in [1.165, 1.54) is 7.11 Å². The van der Waals surface area contributed by atoms with Crippen LogP contribution in [0.3, 0.4) is 0 Å². The summed E-state index contributed by atoms with van der Waals surface area (Å²) in [6, 6.07) is 20.4. The molecule has 0 saturated heterocycles. The molecule has 0 unspecified atom stereocenters. The second kappa shape index (κ2) is 15.1. The summed E-state index contributed by atoms with van der Waals surface area (Å²) in [5.74, 6) is 0.839. The number of urea groups is 1. The highest BCUT2D eigenvalue weighted by molar-refractivity contribution is 5.95. The van der Waals surface area contributed by atoms with Gasteiger partial charge in [0.05, 0.1) is 43.2 Å². The van der Waals surface area contributed by atoms with E-state index in [0.717, 1.165) is 11.1 Å². The van der Waals surface area contributed by atoms with Crippen LogP contribution in [0.5, 0.6) is 17.2 Å². The van der Waals surface area contributed by atoms with Gasteiger partial charge in [0.2, 0.25) is 0 Å². The number of amides is 2. The Morgan fingerprint density at radius 3 is 2.52 bits per heavy atom. The lowest BCUT2D eigenvalue weighted by atomic mass is 9.95. The maximum absolute atomic E-state index is 12.4. The third-order valence-corrected chi connectivity index (χ3v) is 6.48. The van der Waals surface area contributed by atoms with Gasteiger partial charge in [0.15, 0.2) is 17.7 Å². The number of aliphatic hydroxyl groups is 1. The summed E-state index contributed by atoms with van der Waals surface area (Å²) in [7, 11) is 1.27. The number of nitriles is 1. The van der Waals surface area contributed by atoms with E-state index in [1.807, 2.05) is 43.3 Å². The molecule has 1 heterocycles. The van der Waals surface area contributed by atoms with Crippen molar-refractivity contribution in [1.82, 2.24) is 16.1 Å². The number of hydrogen-bond acceptors (Lipinski definition) is 10. The molecule has 2 amide bonds. The first-order valence-corrected chi connectivity index (χ1v) is 13.8. The molecule has 0 bridgehead atoms. The number of nitrogens with one attached hydrogen (secondary N) is 3. The van der Waals surface area contributed by atoms with Crippen molar-refractivity contribution in [3.05, 3.63) is 100 Å². The normalized spacial score (nSPS) is 15.1. The third kappa shape index (κ3) is 8.27. The number of benzene rings is 3. The molecule has 0 saturated carbocycles. The summed E-state index contributed by atoms with van der Waals surface area (Å²) in [5, 5.41) is 28.7. The quantitative estimate of drug-likeness (QED) is 0.0994. The summed E-state index contributed by atoms with van der Waals surface area (Å²) in [6.07, 6.45) is 0.422. The van der Waals surface area contributed by atoms with E-state index in [1.54, 1.807) is 43.5 Å². The Hall–Kier alpha value is -5.54. The number of methoxy groups -OCH3 is 1. The van der Waals surface area contributed by atoms with Crippen LogP contribution in [0.4, 0.5) is 4.79 Å². The van der Waals surface area contributed by atoms with Gasteiger partial charge in [-0.25, -0.2) is 9.59 Å². The number of aliphatic hydroxyl groups excluding tert-OH is 1. The van der Waals surface area contributed by atoms with E-state index in [0.29, 0.717) is 47.3 Å². The summed E-state index contributed by atoms with van der Waals surface area (Å²) < 4.78 is 22.2. The summed E-state index contributed by atoms with van der Waals surface area (Å²) in [5.41, 5.74) is 6.20. The van der Waals surface area contributed by atoms with E-state index in [9.17, 15) is 14.7 Å². The fraction of sp³-hybridized carbons (Fsp3) is 0.250. The maximum Gasteiger partial charge on any atom is 0.337 e. The van der Waals surface area contributed by atoms with Crippen molar-refractivity contribution >= 4 is 18.2 Å². The number of carbonyl (C=O) groups excluding carboxylic acids is 2. The van der Waals surface area contributed by atoms with Crippen molar-refractivity contribution in [3.8, 4) is 23.3 Å². The van der Waals surface area contributed by atoms with Crippen LogP contribution in [-0.2, 0) is 16.1 Å². The summed E-state index contributed by atoms with van der Waals surface area (Å²) in [6.45, 7) is 4.00. The molecule has 4 N–H and O–H groups in total. The van der Waals surface area contributed by atoms with Crippen molar-refractivity contribution < 1.29 is 33.6 Å². The number of hydrazone groups is 1. The van der Waals surface area contributed by atoms with Crippen LogP contribution in [0.25, 0.3) is 0 Å². The molecule has 12 heteroatoms. The lowest BCUT2D eigenvalue weighted by molar-refractivity contribution is -0.136. The Morgan fingerprint density at radius 2 is 1.84 bits per heavy atom. The molecule has 0 fully saturated rings. The van der Waals surface area contributed by atoms with E-state index < -0.39 is 24.3 Å². The van der Waals surface area contributed by atoms with Gasteiger partial charge in [0.1, 0.15) is 19.0 Å². The molecule has 3 aromatic rings. The molecule has 1 aliphatic heterocycles. The van der Waals surface area contributed by atoms with Gasteiger partial charge in [0, 0.05) is 5.70 Å². The van der Waals surface area contributed by atoms with Crippen LogP contribution in [0.1, 0.15) is 42.1 Å². The minimum atomic E-state index is -1.13. The molecule has 3 aromatic carbocycles. The van der Waals surface area contributed by atoms with Crippen molar-refractivity contribution in [2.24, 2.45) is 5.10 Å². The number of rotatable bonds is 13. The SMILES string of the molecule is CCOc1cc([C@@H]2NC(=O)NC(C)=C2C(=O)OC)ccc1OC[C@@H](O)N/N=C/c1ccc(OCc2ccc(C#N)cc2)cc1. The molecule has 1 aliphatic rings. The maximum atomic E-state index is 12.4. The minimum absolute atomic E-state index is 0.143. The second-order valence-electron chi connectivity index (χ2n) is 9.58. The molecule has 228 valence electrons. The van der Waals surface area contributed by atoms with Crippen LogP contribution in [0, 0.1) is 11.3 Å². The molecule has 0 radical (unpaired) electrons. The van der Waals surface area contributed by atoms with Gasteiger partial charge in [-0.15, -0.1) is 0 Å². The lowest BCUT2D eigenvalue weighted by Crippen LogP contribution is -2.45. The standard InChI is InChI=1S/C32H33N5O7/c1-4-42-27-15-24(30-29(31(39)41-3)20(2)35-32(40)36-30)11-14-26(27)44-19-28(38)37-34-17-22-9-12-25(13-10-22)43-18-23-7-5-21(16-33)6-8-23/h5-15,17,28,30,37-38H,4,18-19H2,1-3H3,(H2,35,36,40)/b34-17+/t28-,30+/m1/s1. The lowest BCUT2D eigenvalue weighted by Gasteiger charge is -2.28. The van der Waals surface area contributed by atoms with E-state index in [-0.39, 0.29) is 12.2 Å². The Morgan fingerprint density at radius 1 is 1.09 bits per heavy atom. The van der Waals surface area contributed by atoms with Crippen LogP contribution >= 0.6 is 0 Å². The molecule has 12 nitrogen and oxygen atoms in total. The number of hydrogen-bond donors (Lipinski definition) is 4. The molecule has 2 atom stereocenters. The predicted molar refractivity (Wildman–Crippen MR) is 161 cm³/mol. The van der Waals surface area contributed by atoms with Crippen molar-refractivity contribution in [1.29, 1.82) is 5.26 Å². The zero-order valence-electron chi connectivity index (χ0n) is 24.5. The molecule has 44 heavy (non-hydrogen) atoms. The third-order valence-electron chi connectivity index (χ3n) is 6.48. The number of allylic oxidation sites excluding steroid dienone is 1. The molecule has 0 aromatic heterocycles. The number of ether oxygens (including phenoxy) is 4. The molecule has 0 aliphatic carbocycles. The summed E-state index contributed by atoms with van der Waals surface area (Å²) >= 11 is 0. The first kappa shape index (κ1) is 31.4. The fourth-order valence-electron chi connectivity index (χ4n) is 4.31. The van der Waals surface area contributed by atoms with E-state index in [4.69, 9.17) is 24.2 Å². The highest BCUT2D eigenvalue weighted by atomic mass is 16.5. The largest absolute Gasteiger partial charge is 0.490 e. The number of esters is 1. The Balaban J connectivity index is 1.31. The van der Waals surface area contributed by atoms with Gasteiger partial charge >= 0.3 is 12.0 Å². The Labute approximate surface area is 254 Å². The van der Waals surface area contributed by atoms with Crippen molar-refractivity contribution in [2.45, 2.75) is 32.7 Å². The van der Waals surface area contributed by atoms with Gasteiger partial charge in [-0.1, -0.05) is 18.2 Å². The number of carbonyl (C=O) groups is 2. The first-order valence-electron chi connectivity index (χ1n) is 13.8. The van der Waals surface area contributed by atoms with Crippen molar-refractivity contribution in [3.63, 3.8) is 0 Å². The van der Waals surface area contributed by atoms with Crippen molar-refractivity contribution in [2.75, 3.05) is 20.3 Å². The number of nitrogens with zero attached hydrogens (tertiary/aromatic N) is 2. The van der Waals surface area contributed by atoms with Gasteiger partial charge in [-0.3, -0.25) is 5.43 Å². The Bertz CT molecular complexity index is 1560. The topological polar surface area (TPSA) is 164 Å². The molecule has 0 spiro atoms. The van der Waals surface area contributed by atoms with E-state index >= 15 is 0 Å². The van der Waals surface area contributed by atoms with Gasteiger partial charge in [-0.05, 0) is 79.1 Å². The Kier molecular flexibility index (Phi) is 10.8. The summed E-state index contributed by atoms with van der Waals surface area (Å²) in [4.78, 5) is 24.5. The highest BCUT2D eigenvalue weighted by Gasteiger charge is 2.32. The van der Waals surface area contributed by atoms with Gasteiger partial charge in [-0.2, -0.15) is 10.4 Å². The average molecular weight is 600 g/mol. The fourth-order valence-corrected chi connectivity index (χ4v) is 4.31. The monoisotopic (exact) mass is 599 g/mol. The molecule has 4 rings (SSSR count). The minimum Gasteiger partial charge on any atom is -0.490 e. The predicted octanol–water partition coefficient (Wildman–Crippen LogP) is 3.66. The smallest absolute Gasteiger partial charge is 0.337 e. The van der Waals surface area contributed by atoms with Crippen LogP contribution in [-0.4, -0.2) is 49.9 Å². The van der Waals surface area contributed by atoms with Crippen LogP contribution in [0.15, 0.2) is 83.1 Å². The zero-order valence-corrected chi connectivity index (χ0v) is 24.5. The molecular weight excluding hydrogens is 566 g/mol. The second-order valence-corrected chi connectivity index (χ2v) is 9.58. The average Bonchev–Trinajstić information content (AvgIpc) is 3.03. The van der Waals surface area contributed by atoms with Gasteiger partial charge < -0.3 is 34.7 Å². The zero-order chi connectivity index (χ0) is 31.5. The highest BCUT2D eigenvalue weighted by Crippen LogP contribution is 2.35. The van der Waals surface area contributed by atoms with Crippen LogP contribution in [0.2, 0.25) is 0 Å². The van der Waals surface area contributed by atoms with Gasteiger partial charge in [0.25, 0.3) is 0 Å². The first-order chi connectivity index (χ1) is 21.3. The molecular formula is C32H33N5O7. The van der Waals surface area contributed by atoms with Crippen LogP contribution < -0.4 is 30.3 Å². The van der Waals surface area contributed by atoms with E-state index in [2.05, 4.69) is 27.2 Å².